The van der Waals surface area contributed by atoms with Crippen molar-refractivity contribution in [3.8, 4) is 0 Å². The van der Waals surface area contributed by atoms with Crippen LogP contribution in [0.3, 0.4) is 0 Å². The van der Waals surface area contributed by atoms with E-state index >= 15 is 0 Å². The van der Waals surface area contributed by atoms with Crippen LogP contribution in [0.15, 0.2) is 24.4 Å². The molecule has 0 radical (unpaired) electrons. The van der Waals surface area contributed by atoms with Gasteiger partial charge in [-0.05, 0) is 30.9 Å². The molecule has 14 heavy (non-hydrogen) atoms. The number of hydrogen-bond donors (Lipinski definition) is 1. The van der Waals surface area contributed by atoms with Gasteiger partial charge in [0.25, 0.3) is 0 Å². The van der Waals surface area contributed by atoms with Crippen molar-refractivity contribution in [2.24, 2.45) is 11.7 Å². The molecule has 0 bridgehead atoms. The summed E-state index contributed by atoms with van der Waals surface area (Å²) in [6.07, 6.45) is 7.05. The molecular formula is C11H17ClN2. The van der Waals surface area contributed by atoms with Crippen LogP contribution in [0.25, 0.3) is 0 Å². The molecule has 2 N–H and O–H groups in total. The molecule has 0 saturated heterocycles. The summed E-state index contributed by atoms with van der Waals surface area (Å²) in [4.78, 5) is 4.30. The van der Waals surface area contributed by atoms with Crippen molar-refractivity contribution in [2.45, 2.75) is 31.7 Å². The highest BCUT2D eigenvalue weighted by Gasteiger charge is 2.23. The van der Waals surface area contributed by atoms with E-state index in [0.717, 1.165) is 5.69 Å². The van der Waals surface area contributed by atoms with Gasteiger partial charge in [0.2, 0.25) is 0 Å². The Bertz CT molecular complexity index is 257. The van der Waals surface area contributed by atoms with E-state index in [0.29, 0.717) is 5.92 Å². The Balaban J connectivity index is 0.000000980. The Morgan fingerprint density at radius 1 is 1.29 bits per heavy atom. The Hall–Kier alpha value is -0.600. The zero-order valence-corrected chi connectivity index (χ0v) is 9.04. The number of aromatic nitrogens is 1. The SMILES string of the molecule is Cl.N[C@H](c1ccccn1)C1CCCC1. The highest BCUT2D eigenvalue weighted by molar-refractivity contribution is 5.85. The Labute approximate surface area is 91.3 Å². The molecule has 2 nitrogen and oxygen atoms in total. The Morgan fingerprint density at radius 3 is 2.57 bits per heavy atom. The Morgan fingerprint density at radius 2 is 2.00 bits per heavy atom. The van der Waals surface area contributed by atoms with Crippen LogP contribution >= 0.6 is 12.4 Å². The largest absolute Gasteiger partial charge is 0.322 e. The van der Waals surface area contributed by atoms with E-state index in [4.69, 9.17) is 5.73 Å². The molecular weight excluding hydrogens is 196 g/mol. The van der Waals surface area contributed by atoms with E-state index in [9.17, 15) is 0 Å². The fourth-order valence-electron chi connectivity index (χ4n) is 2.13. The first-order chi connectivity index (χ1) is 6.38. The van der Waals surface area contributed by atoms with Crippen molar-refractivity contribution in [3.63, 3.8) is 0 Å². The van der Waals surface area contributed by atoms with E-state index < -0.39 is 0 Å². The summed E-state index contributed by atoms with van der Waals surface area (Å²) in [7, 11) is 0. The van der Waals surface area contributed by atoms with Crippen LogP contribution in [-0.2, 0) is 0 Å². The van der Waals surface area contributed by atoms with E-state index in [-0.39, 0.29) is 18.4 Å². The maximum Gasteiger partial charge on any atom is 0.0573 e. The average Bonchev–Trinajstić information content (AvgIpc) is 2.71. The van der Waals surface area contributed by atoms with Crippen molar-refractivity contribution >= 4 is 12.4 Å². The zero-order chi connectivity index (χ0) is 9.10. The summed E-state index contributed by atoms with van der Waals surface area (Å²) in [5, 5.41) is 0. The lowest BCUT2D eigenvalue weighted by Crippen LogP contribution is -2.20. The van der Waals surface area contributed by atoms with Crippen molar-refractivity contribution in [2.75, 3.05) is 0 Å². The maximum atomic E-state index is 6.14. The van der Waals surface area contributed by atoms with Gasteiger partial charge in [0.1, 0.15) is 0 Å². The third kappa shape index (κ3) is 2.46. The van der Waals surface area contributed by atoms with Gasteiger partial charge in [-0.25, -0.2) is 0 Å². The lowest BCUT2D eigenvalue weighted by molar-refractivity contribution is 0.437. The molecule has 0 spiro atoms. The van der Waals surface area contributed by atoms with Crippen LogP contribution in [0.1, 0.15) is 37.4 Å². The van der Waals surface area contributed by atoms with Crippen molar-refractivity contribution < 1.29 is 0 Å². The first-order valence-corrected chi connectivity index (χ1v) is 5.04. The maximum absolute atomic E-state index is 6.14. The predicted molar refractivity (Wildman–Crippen MR) is 60.4 cm³/mol. The van der Waals surface area contributed by atoms with Crippen LogP contribution in [0, 0.1) is 5.92 Å². The highest BCUT2D eigenvalue weighted by Crippen LogP contribution is 2.33. The second kappa shape index (κ2) is 5.32. The van der Waals surface area contributed by atoms with E-state index in [1.165, 1.54) is 25.7 Å². The summed E-state index contributed by atoms with van der Waals surface area (Å²) in [6.45, 7) is 0. The molecule has 1 heterocycles. The molecule has 3 heteroatoms. The van der Waals surface area contributed by atoms with Gasteiger partial charge in [-0.1, -0.05) is 18.9 Å². The minimum Gasteiger partial charge on any atom is -0.322 e. The second-order valence-electron chi connectivity index (χ2n) is 3.82. The normalized spacial score (nSPS) is 18.9. The van der Waals surface area contributed by atoms with E-state index in [1.54, 1.807) is 0 Å². The molecule has 1 saturated carbocycles. The first-order valence-electron chi connectivity index (χ1n) is 5.04. The second-order valence-corrected chi connectivity index (χ2v) is 3.82. The van der Waals surface area contributed by atoms with Gasteiger partial charge in [0, 0.05) is 12.2 Å². The number of hydrogen-bond acceptors (Lipinski definition) is 2. The average molecular weight is 213 g/mol. The number of nitrogens with two attached hydrogens (primary N) is 1. The lowest BCUT2D eigenvalue weighted by Gasteiger charge is -2.17. The summed E-state index contributed by atoms with van der Waals surface area (Å²) in [5.41, 5.74) is 7.19. The number of pyridine rings is 1. The third-order valence-corrected chi connectivity index (χ3v) is 2.94. The molecule has 1 fully saturated rings. The fourth-order valence-corrected chi connectivity index (χ4v) is 2.13. The monoisotopic (exact) mass is 212 g/mol. The molecule has 1 aromatic rings. The molecule has 2 rings (SSSR count). The summed E-state index contributed by atoms with van der Waals surface area (Å²) in [5.74, 6) is 0.662. The first kappa shape index (κ1) is 11.5. The summed E-state index contributed by atoms with van der Waals surface area (Å²) < 4.78 is 0. The van der Waals surface area contributed by atoms with E-state index in [1.807, 2.05) is 24.4 Å². The number of halogens is 1. The highest BCUT2D eigenvalue weighted by atomic mass is 35.5. The van der Waals surface area contributed by atoms with Gasteiger partial charge in [0.05, 0.1) is 5.69 Å². The Kier molecular flexibility index (Phi) is 4.36. The van der Waals surface area contributed by atoms with Crippen LogP contribution in [0.2, 0.25) is 0 Å². The van der Waals surface area contributed by atoms with Gasteiger partial charge in [-0.15, -0.1) is 12.4 Å². The number of nitrogens with zero attached hydrogens (tertiary/aromatic N) is 1. The fraction of sp³-hybridized carbons (Fsp3) is 0.545. The van der Waals surface area contributed by atoms with Crippen LogP contribution < -0.4 is 5.73 Å². The standard InChI is InChI=1S/C11H16N2.ClH/c12-11(9-5-1-2-6-9)10-7-3-4-8-13-10;/h3-4,7-9,11H,1-2,5-6,12H2;1H/t11-;/m0./s1. The molecule has 78 valence electrons. The van der Waals surface area contributed by atoms with Gasteiger partial charge in [0.15, 0.2) is 0 Å². The molecule has 1 atom stereocenters. The summed E-state index contributed by atoms with van der Waals surface area (Å²) >= 11 is 0. The van der Waals surface area contributed by atoms with Gasteiger partial charge >= 0.3 is 0 Å². The molecule has 1 aliphatic rings. The summed E-state index contributed by atoms with van der Waals surface area (Å²) in [6, 6.07) is 6.13. The van der Waals surface area contributed by atoms with Gasteiger partial charge in [-0.3, -0.25) is 4.98 Å². The zero-order valence-electron chi connectivity index (χ0n) is 8.23. The lowest BCUT2D eigenvalue weighted by atomic mass is 9.96. The molecule has 0 aliphatic heterocycles. The topological polar surface area (TPSA) is 38.9 Å². The van der Waals surface area contributed by atoms with Crippen molar-refractivity contribution in [1.29, 1.82) is 0 Å². The predicted octanol–water partition coefficient (Wildman–Crippen LogP) is 2.69. The molecule has 0 amide bonds. The molecule has 1 aromatic heterocycles. The van der Waals surface area contributed by atoms with Crippen LogP contribution in [-0.4, -0.2) is 4.98 Å². The minimum atomic E-state index is 0. The van der Waals surface area contributed by atoms with Crippen LogP contribution in [0.4, 0.5) is 0 Å². The third-order valence-electron chi connectivity index (χ3n) is 2.94. The van der Waals surface area contributed by atoms with E-state index in [2.05, 4.69) is 4.98 Å². The van der Waals surface area contributed by atoms with Crippen molar-refractivity contribution in [3.05, 3.63) is 30.1 Å². The van der Waals surface area contributed by atoms with Crippen LogP contribution in [0.5, 0.6) is 0 Å². The smallest absolute Gasteiger partial charge is 0.0573 e. The number of rotatable bonds is 2. The molecule has 1 aliphatic carbocycles. The molecule has 0 unspecified atom stereocenters. The quantitative estimate of drug-likeness (QED) is 0.819. The minimum absolute atomic E-state index is 0. The van der Waals surface area contributed by atoms with Crippen molar-refractivity contribution in [1.82, 2.24) is 4.98 Å². The molecule has 0 aromatic carbocycles. The van der Waals surface area contributed by atoms with Gasteiger partial charge in [-0.2, -0.15) is 0 Å². The van der Waals surface area contributed by atoms with Gasteiger partial charge < -0.3 is 5.73 Å².